The number of benzene rings is 1. The van der Waals surface area contributed by atoms with Gasteiger partial charge in [0.2, 0.25) is 6.79 Å². The van der Waals surface area contributed by atoms with E-state index in [4.69, 9.17) is 21.7 Å². The van der Waals surface area contributed by atoms with Gasteiger partial charge in [0.15, 0.2) is 16.6 Å². The Kier molecular flexibility index (Phi) is 3.61. The lowest BCUT2D eigenvalue weighted by molar-refractivity contribution is 0.174. The lowest BCUT2D eigenvalue weighted by Crippen LogP contribution is -2.44. The first-order valence-electron chi connectivity index (χ1n) is 5.99. The quantitative estimate of drug-likeness (QED) is 0.823. The molecule has 0 amide bonds. The van der Waals surface area contributed by atoms with Crippen LogP contribution < -0.4 is 20.1 Å². The molecule has 1 aliphatic rings. The van der Waals surface area contributed by atoms with E-state index in [0.29, 0.717) is 5.11 Å². The van der Waals surface area contributed by atoms with Crippen molar-refractivity contribution >= 4 is 23.0 Å². The van der Waals surface area contributed by atoms with E-state index in [1.54, 1.807) is 0 Å². The first kappa shape index (κ1) is 13.0. The highest BCUT2D eigenvalue weighted by Gasteiger charge is 2.17. The fraction of sp³-hybridized carbons (Fsp3) is 0.462. The molecule has 0 fully saturated rings. The lowest BCUT2D eigenvalue weighted by Gasteiger charge is -2.26. The Morgan fingerprint density at radius 1 is 1.33 bits per heavy atom. The Balaban J connectivity index is 1.99. The zero-order chi connectivity index (χ0) is 13.2. The smallest absolute Gasteiger partial charge is 0.231 e. The number of fused-ring (bicyclic) bond motifs is 1. The van der Waals surface area contributed by atoms with Crippen LogP contribution in [-0.4, -0.2) is 17.4 Å². The number of rotatable bonds is 3. The molecule has 5 heteroatoms. The maximum absolute atomic E-state index is 5.32. The highest BCUT2D eigenvalue weighted by atomic mass is 32.1. The topological polar surface area (TPSA) is 42.5 Å². The fourth-order valence-corrected chi connectivity index (χ4v) is 1.93. The summed E-state index contributed by atoms with van der Waals surface area (Å²) >= 11 is 5.28. The van der Waals surface area contributed by atoms with E-state index in [9.17, 15) is 0 Å². The van der Waals surface area contributed by atoms with Gasteiger partial charge in [0.05, 0.1) is 0 Å². The number of anilines is 1. The molecule has 2 rings (SSSR count). The number of hydrogen-bond acceptors (Lipinski definition) is 3. The van der Waals surface area contributed by atoms with Gasteiger partial charge < -0.3 is 20.1 Å². The highest BCUT2D eigenvalue weighted by Crippen LogP contribution is 2.34. The highest BCUT2D eigenvalue weighted by molar-refractivity contribution is 7.80. The van der Waals surface area contributed by atoms with E-state index < -0.39 is 0 Å². The first-order chi connectivity index (χ1) is 8.50. The monoisotopic (exact) mass is 266 g/mol. The molecule has 2 N–H and O–H groups in total. The van der Waals surface area contributed by atoms with E-state index >= 15 is 0 Å². The van der Waals surface area contributed by atoms with E-state index in [0.717, 1.165) is 23.6 Å². The van der Waals surface area contributed by atoms with Crippen LogP contribution in [0.2, 0.25) is 0 Å². The van der Waals surface area contributed by atoms with Gasteiger partial charge in [-0.25, -0.2) is 0 Å². The fourth-order valence-electron chi connectivity index (χ4n) is 1.53. The van der Waals surface area contributed by atoms with Gasteiger partial charge in [0.1, 0.15) is 0 Å². The standard InChI is InChI=1S/C13H18N2O2S/c1-4-13(2,3)15-12(18)14-9-5-6-10-11(7-9)17-8-16-10/h5-7H,4,8H2,1-3H3,(H2,14,15,18). The van der Waals surface area contributed by atoms with Gasteiger partial charge in [-0.1, -0.05) is 6.92 Å². The summed E-state index contributed by atoms with van der Waals surface area (Å²) in [5.74, 6) is 1.52. The van der Waals surface area contributed by atoms with Gasteiger partial charge in [-0.15, -0.1) is 0 Å². The van der Waals surface area contributed by atoms with Crippen molar-refractivity contribution in [1.82, 2.24) is 5.32 Å². The summed E-state index contributed by atoms with van der Waals surface area (Å²) < 4.78 is 10.6. The number of nitrogens with one attached hydrogen (secondary N) is 2. The van der Waals surface area contributed by atoms with Crippen LogP contribution in [-0.2, 0) is 0 Å². The molecule has 0 saturated heterocycles. The molecule has 0 radical (unpaired) electrons. The summed E-state index contributed by atoms with van der Waals surface area (Å²) in [6, 6.07) is 5.67. The van der Waals surface area contributed by atoms with E-state index in [1.165, 1.54) is 0 Å². The Hall–Kier alpha value is -1.49. The van der Waals surface area contributed by atoms with Crippen molar-refractivity contribution in [2.24, 2.45) is 0 Å². The first-order valence-corrected chi connectivity index (χ1v) is 6.40. The zero-order valence-corrected chi connectivity index (χ0v) is 11.7. The Bertz CT molecular complexity index is 460. The van der Waals surface area contributed by atoms with Crippen molar-refractivity contribution in [2.75, 3.05) is 12.1 Å². The van der Waals surface area contributed by atoms with Crippen LogP contribution in [0.25, 0.3) is 0 Å². The van der Waals surface area contributed by atoms with Crippen LogP contribution >= 0.6 is 12.2 Å². The molecule has 1 heterocycles. The van der Waals surface area contributed by atoms with E-state index in [2.05, 4.69) is 31.4 Å². The Morgan fingerprint density at radius 3 is 2.78 bits per heavy atom. The molecule has 0 atom stereocenters. The number of thiocarbonyl (C=S) groups is 1. The maximum atomic E-state index is 5.32. The minimum atomic E-state index is -0.0135. The van der Waals surface area contributed by atoms with Gasteiger partial charge in [0.25, 0.3) is 0 Å². The van der Waals surface area contributed by atoms with Gasteiger partial charge >= 0.3 is 0 Å². The molecule has 18 heavy (non-hydrogen) atoms. The van der Waals surface area contributed by atoms with Crippen LogP contribution in [0.1, 0.15) is 27.2 Å². The van der Waals surface area contributed by atoms with Crippen LogP contribution in [0.5, 0.6) is 11.5 Å². The second kappa shape index (κ2) is 5.02. The average Bonchev–Trinajstić information content (AvgIpc) is 2.75. The van der Waals surface area contributed by atoms with Gasteiger partial charge in [-0.3, -0.25) is 0 Å². The molecule has 0 bridgehead atoms. The maximum Gasteiger partial charge on any atom is 0.231 e. The molecule has 98 valence electrons. The Labute approximate surface area is 113 Å². The average molecular weight is 266 g/mol. The van der Waals surface area contributed by atoms with E-state index in [-0.39, 0.29) is 12.3 Å². The molecule has 0 aliphatic carbocycles. The normalized spacial score (nSPS) is 13.3. The zero-order valence-electron chi connectivity index (χ0n) is 10.9. The van der Waals surface area contributed by atoms with E-state index in [1.807, 2.05) is 18.2 Å². The van der Waals surface area contributed by atoms with Crippen molar-refractivity contribution < 1.29 is 9.47 Å². The van der Waals surface area contributed by atoms with Gasteiger partial charge in [-0.05, 0) is 44.6 Å². The third-order valence-electron chi connectivity index (χ3n) is 2.97. The number of hydrogen-bond donors (Lipinski definition) is 2. The van der Waals surface area contributed by atoms with Crippen molar-refractivity contribution in [3.05, 3.63) is 18.2 Å². The second-order valence-corrected chi connectivity index (χ2v) is 5.29. The SMILES string of the molecule is CCC(C)(C)NC(=S)Nc1ccc2c(c1)OCO2. The predicted octanol–water partition coefficient (Wildman–Crippen LogP) is 2.89. The lowest BCUT2D eigenvalue weighted by atomic mass is 10.0. The van der Waals surface area contributed by atoms with Crippen molar-refractivity contribution in [3.63, 3.8) is 0 Å². The van der Waals surface area contributed by atoms with Crippen LogP contribution in [0, 0.1) is 0 Å². The number of ether oxygens (including phenoxy) is 2. The van der Waals surface area contributed by atoms with Crippen molar-refractivity contribution in [1.29, 1.82) is 0 Å². The third kappa shape index (κ3) is 3.04. The minimum absolute atomic E-state index is 0.0135. The third-order valence-corrected chi connectivity index (χ3v) is 3.17. The molecule has 0 saturated carbocycles. The molecule has 0 unspecified atom stereocenters. The van der Waals surface area contributed by atoms with Crippen molar-refractivity contribution in [3.8, 4) is 11.5 Å². The molecule has 1 aromatic rings. The van der Waals surface area contributed by atoms with Gasteiger partial charge in [-0.2, -0.15) is 0 Å². The molecule has 0 spiro atoms. The second-order valence-electron chi connectivity index (χ2n) is 4.88. The summed E-state index contributed by atoms with van der Waals surface area (Å²) in [5, 5.41) is 7.03. The molecule has 1 aliphatic heterocycles. The Morgan fingerprint density at radius 2 is 2.06 bits per heavy atom. The predicted molar refractivity (Wildman–Crippen MR) is 76.3 cm³/mol. The van der Waals surface area contributed by atoms with Crippen LogP contribution in [0.3, 0.4) is 0 Å². The summed E-state index contributed by atoms with van der Waals surface area (Å²) in [7, 11) is 0. The largest absolute Gasteiger partial charge is 0.454 e. The molecular formula is C13H18N2O2S. The summed E-state index contributed by atoms with van der Waals surface area (Å²) in [4.78, 5) is 0. The summed E-state index contributed by atoms with van der Waals surface area (Å²) in [6.07, 6.45) is 0.996. The summed E-state index contributed by atoms with van der Waals surface area (Å²) in [6.45, 7) is 6.63. The van der Waals surface area contributed by atoms with Crippen molar-refractivity contribution in [2.45, 2.75) is 32.7 Å². The summed E-state index contributed by atoms with van der Waals surface area (Å²) in [5.41, 5.74) is 0.879. The molecular weight excluding hydrogens is 248 g/mol. The molecule has 4 nitrogen and oxygen atoms in total. The molecule has 1 aromatic carbocycles. The van der Waals surface area contributed by atoms with Gasteiger partial charge in [0, 0.05) is 17.3 Å². The minimum Gasteiger partial charge on any atom is -0.454 e. The van der Waals surface area contributed by atoms with Crippen LogP contribution in [0.15, 0.2) is 18.2 Å². The molecule has 0 aromatic heterocycles. The van der Waals surface area contributed by atoms with Crippen LogP contribution in [0.4, 0.5) is 5.69 Å².